The molecular weight excluding hydrogens is 384 g/mol. The molecule has 0 saturated heterocycles. The van der Waals surface area contributed by atoms with Crippen molar-refractivity contribution >= 4 is 41.9 Å². The van der Waals surface area contributed by atoms with Crippen LogP contribution in [-0.2, 0) is 10.0 Å². The quantitative estimate of drug-likeness (QED) is 0.722. The fourth-order valence-corrected chi connectivity index (χ4v) is 4.14. The first-order valence-corrected chi connectivity index (χ1v) is 8.61. The second-order valence-electron chi connectivity index (χ2n) is 3.93. The van der Waals surface area contributed by atoms with Crippen LogP contribution in [0.15, 0.2) is 26.0 Å². The van der Waals surface area contributed by atoms with Gasteiger partial charge in [-0.3, -0.25) is 0 Å². The van der Waals surface area contributed by atoms with Crippen LogP contribution in [0.5, 0.6) is 0 Å². The maximum atomic E-state index is 12.1. The predicted octanol–water partition coefficient (Wildman–Crippen LogP) is 2.54. The molecule has 0 fully saturated rings. The number of unbranched alkanes of at least 4 members (excludes halogenated alkanes) is 1. The van der Waals surface area contributed by atoms with Gasteiger partial charge >= 0.3 is 0 Å². The van der Waals surface area contributed by atoms with Gasteiger partial charge in [0.05, 0.1) is 4.90 Å². The lowest BCUT2D eigenvalue weighted by Crippen LogP contribution is -2.25. The van der Waals surface area contributed by atoms with Gasteiger partial charge in [0.2, 0.25) is 10.0 Å². The van der Waals surface area contributed by atoms with E-state index in [2.05, 4.69) is 36.6 Å². The number of hydrogen-bond acceptors (Lipinski definition) is 3. The van der Waals surface area contributed by atoms with E-state index in [0.717, 1.165) is 22.9 Å². The zero-order valence-electron chi connectivity index (χ0n) is 10.0. The molecule has 0 aliphatic heterocycles. The van der Waals surface area contributed by atoms with Crippen LogP contribution in [-0.4, -0.2) is 21.5 Å². The molecule has 0 aliphatic rings. The third-order valence-electron chi connectivity index (χ3n) is 2.43. The van der Waals surface area contributed by atoms with Crippen LogP contribution in [0.3, 0.4) is 0 Å². The fourth-order valence-electron chi connectivity index (χ4n) is 1.39. The number of halogens is 2. The maximum absolute atomic E-state index is 12.1. The summed E-state index contributed by atoms with van der Waals surface area (Å²) in [6, 6.07) is 3.38. The number of hydrogen-bond donors (Lipinski definition) is 2. The number of nitrogens with one attached hydrogen (secondary N) is 1. The van der Waals surface area contributed by atoms with E-state index < -0.39 is 10.0 Å². The Bertz CT molecular complexity index is 518. The zero-order chi connectivity index (χ0) is 13.8. The average Bonchev–Trinajstić information content (AvgIpc) is 2.29. The van der Waals surface area contributed by atoms with Crippen molar-refractivity contribution in [3.63, 3.8) is 0 Å². The molecule has 0 bridgehead atoms. The smallest absolute Gasteiger partial charge is 0.241 e. The molecule has 7 heteroatoms. The van der Waals surface area contributed by atoms with Gasteiger partial charge in [0.25, 0.3) is 0 Å². The Morgan fingerprint density at radius 3 is 2.50 bits per heavy atom. The van der Waals surface area contributed by atoms with Crippen molar-refractivity contribution in [2.24, 2.45) is 5.73 Å². The first-order valence-electron chi connectivity index (χ1n) is 5.54. The lowest BCUT2D eigenvalue weighted by atomic mass is 10.2. The van der Waals surface area contributed by atoms with E-state index in [0.29, 0.717) is 17.6 Å². The van der Waals surface area contributed by atoms with Gasteiger partial charge in [-0.05, 0) is 59.9 Å². The first kappa shape index (κ1) is 16.1. The standard InChI is InChI=1S/C11H16Br2N2O2S/c1-8-6-10(13)11(7-9(8)12)18(16,17)15-5-3-2-4-14/h6-7,15H,2-5,14H2,1H3. The lowest BCUT2D eigenvalue weighted by Gasteiger charge is -2.10. The van der Waals surface area contributed by atoms with Crippen LogP contribution in [0, 0.1) is 6.92 Å². The Kier molecular flexibility index (Phi) is 6.26. The molecule has 0 heterocycles. The van der Waals surface area contributed by atoms with Gasteiger partial charge in [-0.1, -0.05) is 15.9 Å². The third kappa shape index (κ3) is 4.31. The zero-order valence-corrected chi connectivity index (χ0v) is 14.0. The van der Waals surface area contributed by atoms with E-state index in [1.165, 1.54) is 0 Å². The molecule has 0 spiro atoms. The molecule has 4 nitrogen and oxygen atoms in total. The molecule has 18 heavy (non-hydrogen) atoms. The van der Waals surface area contributed by atoms with Crippen molar-refractivity contribution in [3.8, 4) is 0 Å². The van der Waals surface area contributed by atoms with Crippen molar-refractivity contribution < 1.29 is 8.42 Å². The molecule has 1 aromatic rings. The second kappa shape index (κ2) is 7.00. The fraction of sp³-hybridized carbons (Fsp3) is 0.455. The van der Waals surface area contributed by atoms with E-state index in [9.17, 15) is 8.42 Å². The van der Waals surface area contributed by atoms with Crippen LogP contribution in [0.2, 0.25) is 0 Å². The highest BCUT2D eigenvalue weighted by atomic mass is 79.9. The molecule has 102 valence electrons. The molecule has 0 radical (unpaired) electrons. The molecule has 3 N–H and O–H groups in total. The minimum atomic E-state index is -3.48. The number of aryl methyl sites for hydroxylation is 1. The number of nitrogens with two attached hydrogens (primary N) is 1. The van der Waals surface area contributed by atoms with Gasteiger partial charge in [-0.2, -0.15) is 0 Å². The SMILES string of the molecule is Cc1cc(Br)c(S(=O)(=O)NCCCCN)cc1Br. The highest BCUT2D eigenvalue weighted by Crippen LogP contribution is 2.28. The largest absolute Gasteiger partial charge is 0.330 e. The van der Waals surface area contributed by atoms with Crippen molar-refractivity contribution in [2.75, 3.05) is 13.1 Å². The van der Waals surface area contributed by atoms with Crippen molar-refractivity contribution in [2.45, 2.75) is 24.7 Å². The summed E-state index contributed by atoms with van der Waals surface area (Å²) in [7, 11) is -3.48. The van der Waals surface area contributed by atoms with E-state index in [1.807, 2.05) is 6.92 Å². The summed E-state index contributed by atoms with van der Waals surface area (Å²) in [6.45, 7) is 2.87. The van der Waals surface area contributed by atoms with E-state index in [4.69, 9.17) is 5.73 Å². The van der Waals surface area contributed by atoms with Gasteiger partial charge in [-0.25, -0.2) is 13.1 Å². The first-order chi connectivity index (χ1) is 8.38. The van der Waals surface area contributed by atoms with Crippen LogP contribution >= 0.6 is 31.9 Å². The van der Waals surface area contributed by atoms with Gasteiger partial charge in [0, 0.05) is 15.5 Å². The Balaban J connectivity index is 2.88. The number of rotatable bonds is 6. The molecule has 0 saturated carbocycles. The van der Waals surface area contributed by atoms with E-state index in [1.54, 1.807) is 12.1 Å². The maximum Gasteiger partial charge on any atom is 0.241 e. The molecule has 1 rings (SSSR count). The van der Waals surface area contributed by atoms with Crippen LogP contribution in [0.25, 0.3) is 0 Å². The van der Waals surface area contributed by atoms with E-state index >= 15 is 0 Å². The van der Waals surface area contributed by atoms with Crippen molar-refractivity contribution in [3.05, 3.63) is 26.6 Å². The van der Waals surface area contributed by atoms with Crippen molar-refractivity contribution in [1.29, 1.82) is 0 Å². The van der Waals surface area contributed by atoms with Crippen molar-refractivity contribution in [1.82, 2.24) is 4.72 Å². The topological polar surface area (TPSA) is 72.2 Å². The Morgan fingerprint density at radius 2 is 1.89 bits per heavy atom. The Labute approximate surface area is 125 Å². The highest BCUT2D eigenvalue weighted by molar-refractivity contribution is 9.11. The average molecular weight is 400 g/mol. The van der Waals surface area contributed by atoms with E-state index in [-0.39, 0.29) is 4.90 Å². The molecule has 0 atom stereocenters. The molecular formula is C11H16Br2N2O2S. The molecule has 0 aliphatic carbocycles. The Morgan fingerprint density at radius 1 is 1.22 bits per heavy atom. The Hall–Kier alpha value is 0.0500. The predicted molar refractivity (Wildman–Crippen MR) is 80.1 cm³/mol. The van der Waals surface area contributed by atoms with Gasteiger partial charge in [0.1, 0.15) is 0 Å². The number of sulfonamides is 1. The molecule has 0 aromatic heterocycles. The minimum absolute atomic E-state index is 0.243. The second-order valence-corrected chi connectivity index (χ2v) is 7.37. The summed E-state index contributed by atoms with van der Waals surface area (Å²) in [5.41, 5.74) is 6.34. The highest BCUT2D eigenvalue weighted by Gasteiger charge is 2.18. The molecule has 0 amide bonds. The van der Waals surface area contributed by atoms with Gasteiger partial charge in [0.15, 0.2) is 0 Å². The summed E-state index contributed by atoms with van der Waals surface area (Å²) in [5, 5.41) is 0. The summed E-state index contributed by atoms with van der Waals surface area (Å²) in [6.07, 6.45) is 1.54. The van der Waals surface area contributed by atoms with Crippen LogP contribution in [0.4, 0.5) is 0 Å². The third-order valence-corrected chi connectivity index (χ3v) is 5.70. The molecule has 0 unspecified atom stereocenters. The van der Waals surface area contributed by atoms with Crippen LogP contribution < -0.4 is 10.5 Å². The summed E-state index contributed by atoms with van der Waals surface area (Å²) in [5.74, 6) is 0. The molecule has 1 aromatic carbocycles. The minimum Gasteiger partial charge on any atom is -0.330 e. The monoisotopic (exact) mass is 398 g/mol. The van der Waals surface area contributed by atoms with Crippen LogP contribution in [0.1, 0.15) is 18.4 Å². The van der Waals surface area contributed by atoms with Gasteiger partial charge in [-0.15, -0.1) is 0 Å². The number of benzene rings is 1. The summed E-state index contributed by atoms with van der Waals surface area (Å²) < 4.78 is 28.1. The lowest BCUT2D eigenvalue weighted by molar-refractivity contribution is 0.576. The van der Waals surface area contributed by atoms with Gasteiger partial charge < -0.3 is 5.73 Å². The summed E-state index contributed by atoms with van der Waals surface area (Å²) in [4.78, 5) is 0.243. The normalized spacial score (nSPS) is 11.8. The summed E-state index contributed by atoms with van der Waals surface area (Å²) >= 11 is 6.62.